The largest absolute Gasteiger partial charge is 0.419 e. The van der Waals surface area contributed by atoms with Crippen LogP contribution in [-0.4, -0.2) is 42.0 Å². The van der Waals surface area contributed by atoms with Crippen LogP contribution in [0, 0.1) is 18.3 Å². The van der Waals surface area contributed by atoms with Gasteiger partial charge >= 0.3 is 0 Å². The molecular formula is C20H18N4O2S. The third-order valence-corrected chi connectivity index (χ3v) is 5.46. The average Bonchev–Trinajstić information content (AvgIpc) is 3.38. The second-order valence-corrected chi connectivity index (χ2v) is 7.35. The zero-order valence-electron chi connectivity index (χ0n) is 14.9. The van der Waals surface area contributed by atoms with Crippen molar-refractivity contribution < 1.29 is 9.21 Å². The third-order valence-electron chi connectivity index (χ3n) is 4.60. The first-order chi connectivity index (χ1) is 13.2. The molecule has 1 amide bonds. The fraction of sp³-hybridized carbons (Fsp3) is 0.250. The lowest BCUT2D eigenvalue weighted by Gasteiger charge is -2.34. The van der Waals surface area contributed by atoms with Crippen molar-refractivity contribution in [1.29, 1.82) is 5.26 Å². The quantitative estimate of drug-likeness (QED) is 0.697. The maximum absolute atomic E-state index is 12.5. The van der Waals surface area contributed by atoms with Gasteiger partial charge in [-0.05, 0) is 30.5 Å². The van der Waals surface area contributed by atoms with Gasteiger partial charge in [0.15, 0.2) is 0 Å². The molecule has 1 saturated heterocycles. The summed E-state index contributed by atoms with van der Waals surface area (Å²) in [5.74, 6) is 0.984. The SMILES string of the molecule is Cc1ccc(-c2nc(C#N)c(N3CCN(C(=O)c4cccs4)CC3)o2)cc1. The van der Waals surface area contributed by atoms with E-state index in [-0.39, 0.29) is 11.6 Å². The number of rotatable bonds is 3. The molecule has 0 spiro atoms. The second kappa shape index (κ2) is 7.25. The highest BCUT2D eigenvalue weighted by Crippen LogP contribution is 2.29. The fourth-order valence-corrected chi connectivity index (χ4v) is 3.78. The Balaban J connectivity index is 1.50. The number of nitriles is 1. The Morgan fingerprint density at radius 3 is 2.56 bits per heavy atom. The number of piperazine rings is 1. The van der Waals surface area contributed by atoms with E-state index in [0.29, 0.717) is 38.0 Å². The molecule has 0 saturated carbocycles. The number of aromatic nitrogens is 1. The van der Waals surface area contributed by atoms with Gasteiger partial charge in [0.1, 0.15) is 6.07 Å². The van der Waals surface area contributed by atoms with Gasteiger partial charge in [-0.1, -0.05) is 23.8 Å². The number of hydrogen-bond acceptors (Lipinski definition) is 6. The molecule has 1 fully saturated rings. The summed E-state index contributed by atoms with van der Waals surface area (Å²) >= 11 is 1.45. The molecule has 1 aliphatic rings. The molecule has 27 heavy (non-hydrogen) atoms. The molecule has 6 nitrogen and oxygen atoms in total. The van der Waals surface area contributed by atoms with Crippen LogP contribution in [0.2, 0.25) is 0 Å². The van der Waals surface area contributed by atoms with Crippen LogP contribution in [0.3, 0.4) is 0 Å². The molecule has 0 N–H and O–H groups in total. The van der Waals surface area contributed by atoms with E-state index >= 15 is 0 Å². The first-order valence-corrected chi connectivity index (χ1v) is 9.59. The maximum Gasteiger partial charge on any atom is 0.264 e. The maximum atomic E-state index is 12.5. The van der Waals surface area contributed by atoms with Crippen molar-refractivity contribution in [3.63, 3.8) is 0 Å². The van der Waals surface area contributed by atoms with E-state index in [4.69, 9.17) is 4.42 Å². The van der Waals surface area contributed by atoms with Gasteiger partial charge in [0, 0.05) is 31.7 Å². The minimum absolute atomic E-state index is 0.0584. The molecule has 3 heterocycles. The third kappa shape index (κ3) is 3.44. The van der Waals surface area contributed by atoms with E-state index in [1.165, 1.54) is 11.3 Å². The number of nitrogens with zero attached hydrogens (tertiary/aromatic N) is 4. The molecule has 0 atom stereocenters. The molecule has 1 aromatic carbocycles. The first kappa shape index (κ1) is 17.3. The summed E-state index contributed by atoms with van der Waals surface area (Å²) in [5, 5.41) is 11.4. The summed E-state index contributed by atoms with van der Waals surface area (Å²) in [7, 11) is 0. The predicted molar refractivity (Wildman–Crippen MR) is 104 cm³/mol. The zero-order valence-corrected chi connectivity index (χ0v) is 15.7. The highest BCUT2D eigenvalue weighted by Gasteiger charge is 2.27. The zero-order chi connectivity index (χ0) is 18.8. The Labute approximate surface area is 161 Å². The lowest BCUT2D eigenvalue weighted by atomic mass is 10.1. The lowest BCUT2D eigenvalue weighted by Crippen LogP contribution is -2.48. The minimum Gasteiger partial charge on any atom is -0.419 e. The number of thiophene rings is 1. The van der Waals surface area contributed by atoms with E-state index in [1.807, 2.05) is 58.5 Å². The normalized spacial score (nSPS) is 14.2. The van der Waals surface area contributed by atoms with Crippen LogP contribution in [0.1, 0.15) is 20.9 Å². The lowest BCUT2D eigenvalue weighted by molar-refractivity contribution is 0.0750. The Bertz CT molecular complexity index is 978. The molecule has 0 aliphatic carbocycles. The number of amides is 1. The molecule has 4 rings (SSSR count). The number of hydrogen-bond donors (Lipinski definition) is 0. The molecule has 0 bridgehead atoms. The smallest absolute Gasteiger partial charge is 0.264 e. The van der Waals surface area contributed by atoms with E-state index in [0.717, 1.165) is 16.0 Å². The van der Waals surface area contributed by atoms with Gasteiger partial charge in [-0.3, -0.25) is 4.79 Å². The fourth-order valence-electron chi connectivity index (χ4n) is 3.09. The predicted octanol–water partition coefficient (Wildman–Crippen LogP) is 3.55. The number of oxazole rings is 1. The topological polar surface area (TPSA) is 73.4 Å². The van der Waals surface area contributed by atoms with Crippen LogP contribution < -0.4 is 4.90 Å². The van der Waals surface area contributed by atoms with Crippen molar-refractivity contribution in [2.45, 2.75) is 6.92 Å². The Kier molecular flexibility index (Phi) is 4.65. The molecule has 0 radical (unpaired) electrons. The Morgan fingerprint density at radius 1 is 1.19 bits per heavy atom. The van der Waals surface area contributed by atoms with Crippen molar-refractivity contribution >= 4 is 23.1 Å². The number of carbonyl (C=O) groups is 1. The number of carbonyl (C=O) groups excluding carboxylic acids is 1. The summed E-state index contributed by atoms with van der Waals surface area (Å²) in [5.41, 5.74) is 2.27. The summed E-state index contributed by atoms with van der Waals surface area (Å²) in [6, 6.07) is 13.7. The standard InChI is InChI=1S/C20H18N4O2S/c1-14-4-6-15(7-5-14)18-22-16(13-21)20(26-18)24-10-8-23(9-11-24)19(25)17-3-2-12-27-17/h2-7,12H,8-11H2,1H3. The summed E-state index contributed by atoms with van der Waals surface area (Å²) in [4.78, 5) is 21.4. The van der Waals surface area contributed by atoms with Gasteiger partial charge < -0.3 is 14.2 Å². The van der Waals surface area contributed by atoms with Gasteiger partial charge in [0.2, 0.25) is 17.5 Å². The molecule has 3 aromatic rings. The molecule has 1 aliphatic heterocycles. The summed E-state index contributed by atoms with van der Waals surface area (Å²) < 4.78 is 5.93. The van der Waals surface area contributed by atoms with Crippen LogP contribution in [0.4, 0.5) is 5.88 Å². The van der Waals surface area contributed by atoms with Crippen LogP contribution >= 0.6 is 11.3 Å². The molecular weight excluding hydrogens is 360 g/mol. The van der Waals surface area contributed by atoms with Crippen LogP contribution in [0.5, 0.6) is 0 Å². The van der Waals surface area contributed by atoms with E-state index in [1.54, 1.807) is 0 Å². The Morgan fingerprint density at radius 2 is 1.93 bits per heavy atom. The molecule has 7 heteroatoms. The van der Waals surface area contributed by atoms with Gasteiger partial charge in [-0.2, -0.15) is 10.2 Å². The van der Waals surface area contributed by atoms with Crippen molar-refractivity contribution in [1.82, 2.24) is 9.88 Å². The van der Waals surface area contributed by atoms with Crippen molar-refractivity contribution in [3.8, 4) is 17.5 Å². The van der Waals surface area contributed by atoms with Crippen LogP contribution in [0.25, 0.3) is 11.5 Å². The summed E-state index contributed by atoms with van der Waals surface area (Å²) in [6.45, 7) is 4.40. The number of benzene rings is 1. The highest BCUT2D eigenvalue weighted by molar-refractivity contribution is 7.12. The molecule has 136 valence electrons. The van der Waals surface area contributed by atoms with Gasteiger partial charge in [0.05, 0.1) is 4.88 Å². The number of anilines is 1. The van der Waals surface area contributed by atoms with E-state index in [9.17, 15) is 10.1 Å². The van der Waals surface area contributed by atoms with Gasteiger partial charge in [0.25, 0.3) is 5.91 Å². The average molecular weight is 378 g/mol. The van der Waals surface area contributed by atoms with E-state index in [2.05, 4.69) is 11.1 Å². The minimum atomic E-state index is 0.0584. The highest BCUT2D eigenvalue weighted by atomic mass is 32.1. The van der Waals surface area contributed by atoms with Crippen LogP contribution in [-0.2, 0) is 0 Å². The second-order valence-electron chi connectivity index (χ2n) is 6.41. The van der Waals surface area contributed by atoms with Crippen molar-refractivity contribution in [2.24, 2.45) is 0 Å². The molecule has 0 unspecified atom stereocenters. The van der Waals surface area contributed by atoms with E-state index < -0.39 is 0 Å². The monoisotopic (exact) mass is 378 g/mol. The molecule has 2 aromatic heterocycles. The van der Waals surface area contributed by atoms with Gasteiger partial charge in [-0.15, -0.1) is 11.3 Å². The van der Waals surface area contributed by atoms with Crippen molar-refractivity contribution in [2.75, 3.05) is 31.1 Å². The Hall–Kier alpha value is -3.11. The van der Waals surface area contributed by atoms with Gasteiger partial charge in [-0.25, -0.2) is 0 Å². The van der Waals surface area contributed by atoms with Crippen molar-refractivity contribution in [3.05, 3.63) is 57.9 Å². The summed E-state index contributed by atoms with van der Waals surface area (Å²) in [6.07, 6.45) is 0. The first-order valence-electron chi connectivity index (χ1n) is 8.71. The number of aryl methyl sites for hydroxylation is 1. The van der Waals surface area contributed by atoms with Crippen LogP contribution in [0.15, 0.2) is 46.2 Å².